The molecule has 3 aliphatic rings. The number of amides is 1. The third-order valence-electron chi connectivity index (χ3n) is 5.14. The summed E-state index contributed by atoms with van der Waals surface area (Å²) in [5.41, 5.74) is 2.27. The van der Waals surface area contributed by atoms with Crippen molar-refractivity contribution in [2.75, 3.05) is 32.9 Å². The van der Waals surface area contributed by atoms with Gasteiger partial charge in [0.2, 0.25) is 5.91 Å². The molecule has 0 spiro atoms. The molecule has 1 aromatic rings. The molecule has 0 unspecified atom stereocenters. The molecule has 0 radical (unpaired) electrons. The summed E-state index contributed by atoms with van der Waals surface area (Å²) in [6, 6.07) is 4.06. The number of carbonyl (C=O) groups excluding carboxylic acids is 1. The van der Waals surface area contributed by atoms with Crippen molar-refractivity contribution in [3.8, 4) is 5.75 Å². The van der Waals surface area contributed by atoms with Crippen LogP contribution in [0, 0.1) is 5.92 Å². The highest BCUT2D eigenvalue weighted by molar-refractivity contribution is 6.30. The van der Waals surface area contributed by atoms with Crippen LogP contribution in [0.2, 0.25) is 5.02 Å². The van der Waals surface area contributed by atoms with E-state index in [9.17, 15) is 4.79 Å². The van der Waals surface area contributed by atoms with Gasteiger partial charge in [0.15, 0.2) is 0 Å². The number of nitrogens with one attached hydrogen (secondary N) is 1. The molecule has 4 rings (SSSR count). The maximum atomic E-state index is 12.2. The molecule has 28 heavy (non-hydrogen) atoms. The lowest BCUT2D eigenvalue weighted by molar-refractivity contribution is -0.134. The minimum Gasteiger partial charge on any atom is -0.492 e. The lowest BCUT2D eigenvalue weighted by atomic mass is 9.86. The molecule has 2 bridgehead atoms. The summed E-state index contributed by atoms with van der Waals surface area (Å²) < 4.78 is 11.6. The summed E-state index contributed by atoms with van der Waals surface area (Å²) in [5, 5.41) is 11.2. The highest BCUT2D eigenvalue weighted by atomic mass is 35.5. The van der Waals surface area contributed by atoms with Crippen LogP contribution in [0.1, 0.15) is 31.9 Å². The van der Waals surface area contributed by atoms with E-state index in [1.54, 1.807) is 0 Å². The third kappa shape index (κ3) is 4.77. The Balaban J connectivity index is 0.000000516. The first-order chi connectivity index (χ1) is 13.2. The first-order valence-corrected chi connectivity index (χ1v) is 9.79. The van der Waals surface area contributed by atoms with Gasteiger partial charge in [0.05, 0.1) is 31.8 Å². The van der Waals surface area contributed by atoms with Gasteiger partial charge in [0, 0.05) is 48.1 Å². The topological polar surface area (TPSA) is 88.1 Å². The summed E-state index contributed by atoms with van der Waals surface area (Å²) in [5.74, 6) is 0.130. The average molecular weight is 411 g/mol. The second-order valence-corrected chi connectivity index (χ2v) is 8.70. The molecule has 3 aliphatic heterocycles. The highest BCUT2D eigenvalue weighted by Crippen LogP contribution is 2.43. The molecule has 8 heteroatoms. The number of hydrogen-bond donors (Lipinski definition) is 2. The summed E-state index contributed by atoms with van der Waals surface area (Å²) in [7, 11) is 0. The van der Waals surface area contributed by atoms with Crippen molar-refractivity contribution in [1.82, 2.24) is 10.2 Å². The molecule has 0 aromatic heterocycles. The Morgan fingerprint density at radius 3 is 2.79 bits per heavy atom. The van der Waals surface area contributed by atoms with Gasteiger partial charge in [0.25, 0.3) is 5.97 Å². The van der Waals surface area contributed by atoms with Gasteiger partial charge in [-0.3, -0.25) is 14.5 Å². The molecular formula is C20H27ClN2O5. The summed E-state index contributed by atoms with van der Waals surface area (Å²) in [6.07, 6.45) is 0. The summed E-state index contributed by atoms with van der Waals surface area (Å²) >= 11 is 6.36. The lowest BCUT2D eigenvalue weighted by Gasteiger charge is -2.28. The molecule has 2 N–H and O–H groups in total. The van der Waals surface area contributed by atoms with E-state index in [1.165, 1.54) is 5.56 Å². The molecule has 2 atom stereocenters. The minimum atomic E-state index is -0.833. The van der Waals surface area contributed by atoms with Crippen LogP contribution in [0.3, 0.4) is 0 Å². The molecule has 7 nitrogen and oxygen atoms in total. The number of benzene rings is 1. The molecule has 2 fully saturated rings. The van der Waals surface area contributed by atoms with E-state index in [2.05, 4.69) is 24.1 Å². The summed E-state index contributed by atoms with van der Waals surface area (Å²) in [6.45, 7) is 9.41. The number of nitrogens with zero attached hydrogens (tertiary/aromatic N) is 1. The normalized spacial score (nSPS) is 25.5. The van der Waals surface area contributed by atoms with Gasteiger partial charge >= 0.3 is 0 Å². The predicted molar refractivity (Wildman–Crippen MR) is 105 cm³/mol. The molecule has 2 saturated heterocycles. The Morgan fingerprint density at radius 2 is 2.07 bits per heavy atom. The van der Waals surface area contributed by atoms with E-state index in [1.807, 2.05) is 12.1 Å². The fourth-order valence-electron chi connectivity index (χ4n) is 3.86. The second-order valence-electron chi connectivity index (χ2n) is 8.27. The van der Waals surface area contributed by atoms with Gasteiger partial charge < -0.3 is 19.9 Å². The number of carbonyl (C=O) groups is 2. The lowest BCUT2D eigenvalue weighted by Crippen LogP contribution is -2.41. The van der Waals surface area contributed by atoms with Crippen LogP contribution in [0.25, 0.3) is 0 Å². The van der Waals surface area contributed by atoms with Crippen molar-refractivity contribution in [2.24, 2.45) is 5.92 Å². The van der Waals surface area contributed by atoms with E-state index < -0.39 is 5.97 Å². The fourth-order valence-corrected chi connectivity index (χ4v) is 4.10. The van der Waals surface area contributed by atoms with Crippen LogP contribution in [0.4, 0.5) is 0 Å². The van der Waals surface area contributed by atoms with Crippen LogP contribution in [0.5, 0.6) is 5.75 Å². The largest absolute Gasteiger partial charge is 0.492 e. The summed E-state index contributed by atoms with van der Waals surface area (Å²) in [4.78, 5) is 23.5. The number of halogens is 1. The predicted octanol–water partition coefficient (Wildman–Crippen LogP) is 2.05. The van der Waals surface area contributed by atoms with Gasteiger partial charge in [-0.25, -0.2) is 0 Å². The van der Waals surface area contributed by atoms with E-state index in [4.69, 9.17) is 31.0 Å². The smallest absolute Gasteiger partial charge is 0.300 e. The molecule has 1 amide bonds. The Labute approximate surface area is 169 Å². The van der Waals surface area contributed by atoms with Gasteiger partial charge in [-0.15, -0.1) is 0 Å². The number of aliphatic carboxylic acids is 1. The first kappa shape index (κ1) is 20.9. The van der Waals surface area contributed by atoms with Crippen LogP contribution >= 0.6 is 11.6 Å². The zero-order valence-electron chi connectivity index (χ0n) is 16.5. The van der Waals surface area contributed by atoms with Crippen molar-refractivity contribution in [3.05, 3.63) is 28.3 Å². The van der Waals surface area contributed by atoms with Gasteiger partial charge in [-0.05, 0) is 12.1 Å². The molecule has 0 aliphatic carbocycles. The van der Waals surface area contributed by atoms with Crippen molar-refractivity contribution in [1.29, 1.82) is 0 Å². The van der Waals surface area contributed by atoms with Crippen LogP contribution in [0.15, 0.2) is 12.1 Å². The minimum absolute atomic E-state index is 0.0182. The second kappa shape index (κ2) is 8.27. The van der Waals surface area contributed by atoms with Gasteiger partial charge in [-0.2, -0.15) is 0 Å². The zero-order chi connectivity index (χ0) is 20.5. The quantitative estimate of drug-likeness (QED) is 0.775. The van der Waals surface area contributed by atoms with Crippen LogP contribution in [-0.4, -0.2) is 60.8 Å². The maximum Gasteiger partial charge on any atom is 0.300 e. The molecule has 3 heterocycles. The highest BCUT2D eigenvalue weighted by Gasteiger charge is 2.36. The number of hydrogen-bond acceptors (Lipinski definition) is 5. The Morgan fingerprint density at radius 1 is 1.36 bits per heavy atom. The number of carboxylic acid groups (broad SMARTS) is 1. The fraction of sp³-hybridized carbons (Fsp3) is 0.600. The maximum absolute atomic E-state index is 12.2. The first-order valence-electron chi connectivity index (χ1n) is 9.41. The standard InChI is InChI=1S/C18H23ClN2O3.C2H4O2/c1-18(2)10-24-16-11(3-13(19)4-15(16)18)5-21-6-12-8-23-9-14(7-21)20-17(12)22;1-2(3)4/h3-4,12,14H,5-10H2,1-2H3,(H,20,22);1H3,(H,3,4)/t12-,14+;/m1./s1. The van der Waals surface area contributed by atoms with Crippen molar-refractivity contribution >= 4 is 23.5 Å². The average Bonchev–Trinajstić information content (AvgIpc) is 2.68. The molecule has 154 valence electrons. The van der Waals surface area contributed by atoms with Gasteiger partial charge in [-0.1, -0.05) is 25.4 Å². The zero-order valence-corrected chi connectivity index (χ0v) is 17.2. The Kier molecular flexibility index (Phi) is 6.17. The van der Waals surface area contributed by atoms with E-state index >= 15 is 0 Å². The monoisotopic (exact) mass is 410 g/mol. The Hall–Kier alpha value is -1.83. The van der Waals surface area contributed by atoms with Gasteiger partial charge in [0.1, 0.15) is 5.75 Å². The van der Waals surface area contributed by atoms with Crippen LogP contribution in [-0.2, 0) is 26.3 Å². The van der Waals surface area contributed by atoms with Crippen molar-refractivity contribution in [3.63, 3.8) is 0 Å². The van der Waals surface area contributed by atoms with E-state index in [-0.39, 0.29) is 23.3 Å². The third-order valence-corrected chi connectivity index (χ3v) is 5.36. The molecule has 0 saturated carbocycles. The van der Waals surface area contributed by atoms with E-state index in [0.29, 0.717) is 26.4 Å². The van der Waals surface area contributed by atoms with E-state index in [0.717, 1.165) is 36.3 Å². The number of carboxylic acids is 1. The van der Waals surface area contributed by atoms with Crippen molar-refractivity contribution < 1.29 is 24.2 Å². The Bertz CT molecular complexity index is 763. The SMILES string of the molecule is CC(=O)O.CC1(C)COc2c(CN3C[C@H]4COC[C@@H](C3)C(=O)N4)cc(Cl)cc21. The van der Waals surface area contributed by atoms with Crippen molar-refractivity contribution in [2.45, 2.75) is 38.8 Å². The number of ether oxygens (including phenoxy) is 2. The molecular weight excluding hydrogens is 384 g/mol. The number of fused-ring (bicyclic) bond motifs is 4. The molecule has 1 aromatic carbocycles. The van der Waals surface area contributed by atoms with Crippen LogP contribution < -0.4 is 10.1 Å². The number of rotatable bonds is 2.